The lowest BCUT2D eigenvalue weighted by molar-refractivity contribution is -0.384. The zero-order valence-corrected chi connectivity index (χ0v) is 15.1. The van der Waals surface area contributed by atoms with Gasteiger partial charge in [0.05, 0.1) is 20.8 Å². The Morgan fingerprint density at radius 3 is 2.43 bits per heavy atom. The third kappa shape index (κ3) is 3.21. The third-order valence-corrected chi connectivity index (χ3v) is 5.18. The minimum atomic E-state index is -0.491. The molecule has 1 aliphatic heterocycles. The number of non-ortho nitro benzene ring substituents is 1. The van der Waals surface area contributed by atoms with Crippen LogP contribution in [0, 0.1) is 10.1 Å². The number of nitrogens with zero attached hydrogens (tertiary/aromatic N) is 3. The summed E-state index contributed by atoms with van der Waals surface area (Å²) in [4.78, 5) is 51.7. The molecule has 1 saturated heterocycles. The van der Waals surface area contributed by atoms with Crippen molar-refractivity contribution < 1.29 is 19.3 Å². The molecule has 4 rings (SSSR count). The van der Waals surface area contributed by atoms with Gasteiger partial charge in [0.25, 0.3) is 11.6 Å². The Kier molecular flexibility index (Phi) is 4.32. The normalized spacial score (nSPS) is 13.9. The zero-order valence-electron chi connectivity index (χ0n) is 14.2. The van der Waals surface area contributed by atoms with Crippen LogP contribution in [0.3, 0.4) is 0 Å². The molecule has 0 spiro atoms. The molecule has 1 aromatic heterocycles. The van der Waals surface area contributed by atoms with Crippen molar-refractivity contribution in [1.82, 2.24) is 4.98 Å². The van der Waals surface area contributed by atoms with E-state index in [2.05, 4.69) is 10.3 Å². The first-order chi connectivity index (χ1) is 13.4. The molecule has 0 aliphatic carbocycles. The number of thiazole rings is 1. The number of hydrogen-bond donors (Lipinski definition) is 1. The zero-order chi connectivity index (χ0) is 19.8. The van der Waals surface area contributed by atoms with E-state index in [1.165, 1.54) is 42.5 Å². The second-order valence-corrected chi connectivity index (χ2v) is 7.08. The number of amides is 3. The molecule has 3 amide bonds. The number of nitro benzene ring substituents is 1. The maximum absolute atomic E-state index is 12.4. The molecule has 1 fully saturated rings. The summed E-state index contributed by atoms with van der Waals surface area (Å²) in [6.45, 7) is 0. The highest BCUT2D eigenvalue weighted by atomic mass is 32.1. The van der Waals surface area contributed by atoms with Gasteiger partial charge in [-0.05, 0) is 30.3 Å². The molecule has 9 nitrogen and oxygen atoms in total. The van der Waals surface area contributed by atoms with Crippen LogP contribution in [0.15, 0.2) is 42.5 Å². The lowest BCUT2D eigenvalue weighted by Gasteiger charge is -2.13. The molecule has 0 saturated carbocycles. The van der Waals surface area contributed by atoms with E-state index in [1.54, 1.807) is 0 Å². The Balaban J connectivity index is 1.52. The van der Waals surface area contributed by atoms with Gasteiger partial charge >= 0.3 is 0 Å². The van der Waals surface area contributed by atoms with Gasteiger partial charge in [0.2, 0.25) is 11.8 Å². The van der Waals surface area contributed by atoms with E-state index >= 15 is 0 Å². The van der Waals surface area contributed by atoms with Crippen LogP contribution in [-0.4, -0.2) is 27.6 Å². The van der Waals surface area contributed by atoms with Gasteiger partial charge in [-0.15, -0.1) is 0 Å². The largest absolute Gasteiger partial charge is 0.298 e. The molecular formula is C18H12N4O5S. The van der Waals surface area contributed by atoms with Crippen LogP contribution in [0.1, 0.15) is 23.2 Å². The van der Waals surface area contributed by atoms with Gasteiger partial charge in [0, 0.05) is 30.5 Å². The van der Waals surface area contributed by atoms with E-state index < -0.39 is 10.8 Å². The summed E-state index contributed by atoms with van der Waals surface area (Å²) < 4.78 is 0.589. The average molecular weight is 396 g/mol. The molecule has 140 valence electrons. The van der Waals surface area contributed by atoms with Crippen LogP contribution in [0.25, 0.3) is 10.2 Å². The molecule has 28 heavy (non-hydrogen) atoms. The van der Waals surface area contributed by atoms with Gasteiger partial charge in [0.1, 0.15) is 0 Å². The number of fused-ring (bicyclic) bond motifs is 1. The van der Waals surface area contributed by atoms with Crippen molar-refractivity contribution in [1.29, 1.82) is 0 Å². The fourth-order valence-corrected chi connectivity index (χ4v) is 3.77. The predicted molar refractivity (Wildman–Crippen MR) is 102 cm³/mol. The summed E-state index contributed by atoms with van der Waals surface area (Å²) in [5.41, 5.74) is 1.26. The Labute approximate surface area is 161 Å². The van der Waals surface area contributed by atoms with E-state index in [4.69, 9.17) is 0 Å². The number of anilines is 2. The van der Waals surface area contributed by atoms with Gasteiger partial charge in [-0.1, -0.05) is 11.3 Å². The number of carbonyl (C=O) groups excluding carboxylic acids is 3. The molecular weight excluding hydrogens is 384 g/mol. The number of aromatic nitrogens is 1. The lowest BCUT2D eigenvalue weighted by Crippen LogP contribution is -2.28. The number of rotatable bonds is 4. The maximum atomic E-state index is 12.4. The van der Waals surface area contributed by atoms with Crippen LogP contribution in [-0.2, 0) is 9.59 Å². The molecule has 1 aliphatic rings. The second kappa shape index (κ2) is 6.82. The van der Waals surface area contributed by atoms with Gasteiger partial charge in [-0.2, -0.15) is 0 Å². The Morgan fingerprint density at radius 2 is 1.79 bits per heavy atom. The summed E-state index contributed by atoms with van der Waals surface area (Å²) in [6.07, 6.45) is 0.383. The summed E-state index contributed by atoms with van der Waals surface area (Å²) in [5.74, 6) is -0.935. The van der Waals surface area contributed by atoms with Gasteiger partial charge in [0.15, 0.2) is 5.13 Å². The molecule has 0 unspecified atom stereocenters. The molecule has 3 aromatic rings. The third-order valence-electron chi connectivity index (χ3n) is 4.24. The maximum Gasteiger partial charge on any atom is 0.270 e. The molecule has 1 N–H and O–H groups in total. The van der Waals surface area contributed by atoms with Gasteiger partial charge in [-0.3, -0.25) is 34.7 Å². The van der Waals surface area contributed by atoms with Gasteiger partial charge < -0.3 is 0 Å². The molecule has 0 bridgehead atoms. The van der Waals surface area contributed by atoms with E-state index in [0.29, 0.717) is 26.6 Å². The van der Waals surface area contributed by atoms with Crippen molar-refractivity contribution in [2.45, 2.75) is 12.8 Å². The number of imide groups is 1. The standard InChI is InChI=1S/C18H12N4O5S/c23-15-7-8-16(24)21(15)11-3-1-10(2-4-11)17(25)20-18-19-13-6-5-12(22(26)27)9-14(13)28-18/h1-6,9H,7-8H2,(H,19,20,25). The van der Waals surface area contributed by atoms with E-state index in [0.717, 1.165) is 16.2 Å². The number of benzene rings is 2. The minimum Gasteiger partial charge on any atom is -0.298 e. The highest BCUT2D eigenvalue weighted by Crippen LogP contribution is 2.29. The smallest absolute Gasteiger partial charge is 0.270 e. The van der Waals surface area contributed by atoms with Crippen molar-refractivity contribution in [2.75, 3.05) is 10.2 Å². The predicted octanol–water partition coefficient (Wildman–Crippen LogP) is 3.11. The average Bonchev–Trinajstić information content (AvgIpc) is 3.23. The monoisotopic (exact) mass is 396 g/mol. The number of nitrogens with one attached hydrogen (secondary N) is 1. The summed E-state index contributed by atoms with van der Waals surface area (Å²) in [6, 6.07) is 10.4. The second-order valence-electron chi connectivity index (χ2n) is 6.05. The molecule has 10 heteroatoms. The summed E-state index contributed by atoms with van der Waals surface area (Å²) in [5, 5.41) is 13.8. The Bertz CT molecular complexity index is 1120. The SMILES string of the molecule is O=C(Nc1nc2ccc([N+](=O)[O-])cc2s1)c1ccc(N2C(=O)CCC2=O)cc1. The van der Waals surface area contributed by atoms with Crippen LogP contribution in [0.5, 0.6) is 0 Å². The number of nitro groups is 1. The molecule has 0 radical (unpaired) electrons. The molecule has 2 aromatic carbocycles. The van der Waals surface area contributed by atoms with E-state index in [9.17, 15) is 24.5 Å². The van der Waals surface area contributed by atoms with Crippen LogP contribution in [0.2, 0.25) is 0 Å². The van der Waals surface area contributed by atoms with Crippen molar-refractivity contribution in [3.05, 3.63) is 58.1 Å². The summed E-state index contributed by atoms with van der Waals surface area (Å²) >= 11 is 1.13. The van der Waals surface area contributed by atoms with Crippen LogP contribution in [0.4, 0.5) is 16.5 Å². The van der Waals surface area contributed by atoms with E-state index in [1.807, 2.05) is 0 Å². The fraction of sp³-hybridized carbons (Fsp3) is 0.111. The van der Waals surface area contributed by atoms with E-state index in [-0.39, 0.29) is 30.3 Å². The Morgan fingerprint density at radius 1 is 1.11 bits per heavy atom. The van der Waals surface area contributed by atoms with Crippen molar-refractivity contribution >= 4 is 55.8 Å². The quantitative estimate of drug-likeness (QED) is 0.411. The van der Waals surface area contributed by atoms with Crippen molar-refractivity contribution in [3.8, 4) is 0 Å². The highest BCUT2D eigenvalue weighted by molar-refractivity contribution is 7.22. The highest BCUT2D eigenvalue weighted by Gasteiger charge is 2.30. The topological polar surface area (TPSA) is 123 Å². The first-order valence-corrected chi connectivity index (χ1v) is 9.06. The minimum absolute atomic E-state index is 0.0457. The first kappa shape index (κ1) is 17.7. The summed E-state index contributed by atoms with van der Waals surface area (Å²) in [7, 11) is 0. The van der Waals surface area contributed by atoms with Crippen molar-refractivity contribution in [3.63, 3.8) is 0 Å². The van der Waals surface area contributed by atoms with Crippen LogP contribution < -0.4 is 10.2 Å². The molecule has 0 atom stereocenters. The molecule has 2 heterocycles. The number of carbonyl (C=O) groups is 3. The Hall–Kier alpha value is -3.66. The van der Waals surface area contributed by atoms with Crippen LogP contribution >= 0.6 is 11.3 Å². The van der Waals surface area contributed by atoms with Gasteiger partial charge in [-0.25, -0.2) is 4.98 Å². The lowest BCUT2D eigenvalue weighted by atomic mass is 10.2. The number of hydrogen-bond acceptors (Lipinski definition) is 7. The fourth-order valence-electron chi connectivity index (χ4n) is 2.88. The first-order valence-electron chi connectivity index (χ1n) is 8.24. The van der Waals surface area contributed by atoms with Crippen molar-refractivity contribution in [2.24, 2.45) is 0 Å².